The zero-order valence-electron chi connectivity index (χ0n) is 10.7. The van der Waals surface area contributed by atoms with Gasteiger partial charge in [0.05, 0.1) is 10.8 Å². The van der Waals surface area contributed by atoms with Gasteiger partial charge in [-0.1, -0.05) is 35.5 Å². The van der Waals surface area contributed by atoms with Crippen LogP contribution in [-0.2, 0) is 18.4 Å². The normalized spacial score (nSPS) is 10.5. The first-order valence-corrected chi connectivity index (χ1v) is 7.11. The van der Waals surface area contributed by atoms with E-state index >= 15 is 0 Å². The molecule has 2 rings (SSSR count). The molecule has 106 valence electrons. The number of thioether (sulfide) groups is 1. The van der Waals surface area contributed by atoms with Crippen LogP contribution in [0.3, 0.4) is 0 Å². The smallest absolute Gasteiger partial charge is 0.227 e. The number of ether oxygens (including phenoxy) is 1. The number of amides is 1. The van der Waals surface area contributed by atoms with Crippen LogP contribution >= 0.6 is 23.4 Å². The van der Waals surface area contributed by atoms with Gasteiger partial charge in [0.15, 0.2) is 11.0 Å². The van der Waals surface area contributed by atoms with Crippen LogP contribution in [0.2, 0.25) is 5.02 Å². The Morgan fingerprint density at radius 2 is 2.20 bits per heavy atom. The molecule has 0 radical (unpaired) electrons. The summed E-state index contributed by atoms with van der Waals surface area (Å²) in [5, 5.41) is 9.14. The minimum absolute atomic E-state index is 0.164. The van der Waals surface area contributed by atoms with Crippen molar-refractivity contribution >= 4 is 29.3 Å². The van der Waals surface area contributed by atoms with Crippen LogP contribution in [0.4, 0.5) is 0 Å². The predicted octanol–water partition coefficient (Wildman–Crippen LogP) is 1.62. The van der Waals surface area contributed by atoms with Gasteiger partial charge in [0, 0.05) is 7.05 Å². The number of carbonyl (C=O) groups is 1. The summed E-state index contributed by atoms with van der Waals surface area (Å²) >= 11 is 7.23. The number of para-hydroxylation sites is 1. The number of nitrogens with two attached hydrogens (primary N) is 1. The van der Waals surface area contributed by atoms with E-state index in [0.29, 0.717) is 21.8 Å². The van der Waals surface area contributed by atoms with Gasteiger partial charge in [0.1, 0.15) is 12.4 Å². The first kappa shape index (κ1) is 14.7. The average Bonchev–Trinajstić information content (AvgIpc) is 2.76. The number of rotatable bonds is 6. The molecule has 1 aromatic heterocycles. The number of benzene rings is 1. The van der Waals surface area contributed by atoms with Crippen LogP contribution in [0, 0.1) is 0 Å². The highest BCUT2D eigenvalue weighted by atomic mass is 35.5. The molecule has 0 saturated carbocycles. The van der Waals surface area contributed by atoms with E-state index < -0.39 is 5.91 Å². The molecule has 0 aliphatic heterocycles. The fourth-order valence-electron chi connectivity index (χ4n) is 1.44. The SMILES string of the molecule is Cn1c(COc2ccccc2Cl)nnc1SCC(N)=O. The Balaban J connectivity index is 2.00. The Hall–Kier alpha value is -1.73. The van der Waals surface area contributed by atoms with Gasteiger partial charge in [-0.15, -0.1) is 10.2 Å². The molecule has 8 heteroatoms. The number of carbonyl (C=O) groups excluding carboxylic acids is 1. The summed E-state index contributed by atoms with van der Waals surface area (Å²) in [7, 11) is 1.80. The van der Waals surface area contributed by atoms with Crippen molar-refractivity contribution in [3.63, 3.8) is 0 Å². The molecule has 0 saturated heterocycles. The Bertz CT molecular complexity index is 617. The van der Waals surface area contributed by atoms with Crippen molar-refractivity contribution in [1.82, 2.24) is 14.8 Å². The van der Waals surface area contributed by atoms with E-state index in [9.17, 15) is 4.79 Å². The fourth-order valence-corrected chi connectivity index (χ4v) is 2.30. The van der Waals surface area contributed by atoms with E-state index in [1.54, 1.807) is 23.7 Å². The largest absolute Gasteiger partial charge is 0.484 e. The van der Waals surface area contributed by atoms with Crippen LogP contribution in [0.1, 0.15) is 5.82 Å². The lowest BCUT2D eigenvalue weighted by molar-refractivity contribution is -0.115. The monoisotopic (exact) mass is 312 g/mol. The maximum absolute atomic E-state index is 10.7. The molecule has 2 aromatic rings. The first-order valence-electron chi connectivity index (χ1n) is 5.74. The van der Waals surface area contributed by atoms with Gasteiger partial charge in [-0.05, 0) is 12.1 Å². The third-order valence-corrected chi connectivity index (χ3v) is 3.82. The molecule has 0 unspecified atom stereocenters. The van der Waals surface area contributed by atoms with Crippen molar-refractivity contribution in [2.45, 2.75) is 11.8 Å². The van der Waals surface area contributed by atoms with Crippen LogP contribution in [0.5, 0.6) is 5.75 Å². The second kappa shape index (κ2) is 6.62. The first-order chi connectivity index (χ1) is 9.58. The molecule has 0 bridgehead atoms. The maximum Gasteiger partial charge on any atom is 0.227 e. The number of hydrogen-bond donors (Lipinski definition) is 1. The van der Waals surface area contributed by atoms with Gasteiger partial charge in [0.25, 0.3) is 0 Å². The zero-order valence-corrected chi connectivity index (χ0v) is 12.3. The Morgan fingerprint density at radius 1 is 1.45 bits per heavy atom. The van der Waals surface area contributed by atoms with Crippen LogP contribution < -0.4 is 10.5 Å². The Kier molecular flexibility index (Phi) is 4.86. The average molecular weight is 313 g/mol. The molecule has 2 N–H and O–H groups in total. The van der Waals surface area contributed by atoms with Crippen molar-refractivity contribution in [3.05, 3.63) is 35.1 Å². The Labute approximate surface area is 125 Å². The number of aromatic nitrogens is 3. The highest BCUT2D eigenvalue weighted by Crippen LogP contribution is 2.24. The highest BCUT2D eigenvalue weighted by Gasteiger charge is 2.11. The topological polar surface area (TPSA) is 83.0 Å². The molecule has 0 aliphatic carbocycles. The minimum Gasteiger partial charge on any atom is -0.484 e. The molecule has 0 spiro atoms. The third kappa shape index (κ3) is 3.64. The molecule has 1 amide bonds. The van der Waals surface area contributed by atoms with Crippen molar-refractivity contribution < 1.29 is 9.53 Å². The molecule has 20 heavy (non-hydrogen) atoms. The standard InChI is InChI=1S/C12H13ClN4O2S/c1-17-11(15-16-12(17)20-7-10(14)18)6-19-9-5-3-2-4-8(9)13/h2-5H,6-7H2,1H3,(H2,14,18). The molecule has 1 aromatic carbocycles. The lowest BCUT2D eigenvalue weighted by Gasteiger charge is -2.07. The quantitative estimate of drug-likeness (QED) is 0.820. The molecule has 1 heterocycles. The molecule has 0 fully saturated rings. The van der Waals surface area contributed by atoms with Gasteiger partial charge >= 0.3 is 0 Å². The lowest BCUT2D eigenvalue weighted by Crippen LogP contribution is -2.13. The molecular formula is C12H13ClN4O2S. The van der Waals surface area contributed by atoms with E-state index in [2.05, 4.69) is 10.2 Å². The predicted molar refractivity (Wildman–Crippen MR) is 76.7 cm³/mol. The van der Waals surface area contributed by atoms with Gasteiger partial charge in [-0.25, -0.2) is 0 Å². The highest BCUT2D eigenvalue weighted by molar-refractivity contribution is 7.99. The van der Waals surface area contributed by atoms with Crippen LogP contribution in [0.25, 0.3) is 0 Å². The number of halogens is 1. The maximum atomic E-state index is 10.7. The zero-order chi connectivity index (χ0) is 14.5. The van der Waals surface area contributed by atoms with E-state index in [1.165, 1.54) is 11.8 Å². The molecule has 0 aliphatic rings. The summed E-state index contributed by atoms with van der Waals surface area (Å²) < 4.78 is 7.34. The van der Waals surface area contributed by atoms with E-state index in [1.807, 2.05) is 12.1 Å². The summed E-state index contributed by atoms with van der Waals surface area (Å²) in [4.78, 5) is 10.7. The van der Waals surface area contributed by atoms with Crippen molar-refractivity contribution in [1.29, 1.82) is 0 Å². The van der Waals surface area contributed by atoms with Gasteiger partial charge in [0.2, 0.25) is 5.91 Å². The Morgan fingerprint density at radius 3 is 2.90 bits per heavy atom. The summed E-state index contributed by atoms with van der Waals surface area (Å²) in [5.41, 5.74) is 5.09. The van der Waals surface area contributed by atoms with Crippen molar-refractivity contribution in [2.75, 3.05) is 5.75 Å². The summed E-state index contributed by atoms with van der Waals surface area (Å²) in [6.07, 6.45) is 0. The number of primary amides is 1. The second-order valence-corrected chi connectivity index (χ2v) is 5.28. The lowest BCUT2D eigenvalue weighted by atomic mass is 10.3. The second-order valence-electron chi connectivity index (χ2n) is 3.93. The van der Waals surface area contributed by atoms with Crippen molar-refractivity contribution in [3.8, 4) is 5.75 Å². The molecule has 6 nitrogen and oxygen atoms in total. The van der Waals surface area contributed by atoms with Gasteiger partial charge < -0.3 is 15.0 Å². The fraction of sp³-hybridized carbons (Fsp3) is 0.250. The molecule has 0 atom stereocenters. The summed E-state index contributed by atoms with van der Waals surface area (Å²) in [5.74, 6) is 0.990. The summed E-state index contributed by atoms with van der Waals surface area (Å²) in [6.45, 7) is 0.240. The summed E-state index contributed by atoms with van der Waals surface area (Å²) in [6, 6.07) is 7.20. The van der Waals surface area contributed by atoms with E-state index in [4.69, 9.17) is 22.1 Å². The van der Waals surface area contributed by atoms with Crippen LogP contribution in [0.15, 0.2) is 29.4 Å². The van der Waals surface area contributed by atoms with Crippen LogP contribution in [-0.4, -0.2) is 26.4 Å². The van der Waals surface area contributed by atoms with Gasteiger partial charge in [-0.2, -0.15) is 0 Å². The molecular weight excluding hydrogens is 300 g/mol. The number of hydrogen-bond acceptors (Lipinski definition) is 5. The number of nitrogens with zero attached hydrogens (tertiary/aromatic N) is 3. The minimum atomic E-state index is -0.396. The third-order valence-electron chi connectivity index (χ3n) is 2.46. The van der Waals surface area contributed by atoms with E-state index in [-0.39, 0.29) is 12.4 Å². The van der Waals surface area contributed by atoms with Gasteiger partial charge in [-0.3, -0.25) is 4.79 Å². The van der Waals surface area contributed by atoms with Crippen molar-refractivity contribution in [2.24, 2.45) is 12.8 Å². The van der Waals surface area contributed by atoms with E-state index in [0.717, 1.165) is 0 Å².